The van der Waals surface area contributed by atoms with E-state index in [0.717, 1.165) is 16.3 Å². The Kier molecular flexibility index (Phi) is 2.03. The molecule has 0 bridgehead atoms. The monoisotopic (exact) mass is 194 g/mol. The van der Waals surface area contributed by atoms with Crippen molar-refractivity contribution in [3.63, 3.8) is 0 Å². The molecule has 0 saturated carbocycles. The summed E-state index contributed by atoms with van der Waals surface area (Å²) >= 11 is 1.66. The fourth-order valence-electron chi connectivity index (χ4n) is 1.18. The molecule has 2 aromatic heterocycles. The van der Waals surface area contributed by atoms with E-state index in [1.165, 1.54) is 0 Å². The van der Waals surface area contributed by atoms with Crippen molar-refractivity contribution in [2.45, 2.75) is 6.92 Å². The average Bonchev–Trinajstić information content (AvgIpc) is 2.72. The van der Waals surface area contributed by atoms with E-state index < -0.39 is 0 Å². The van der Waals surface area contributed by atoms with Crippen LogP contribution >= 0.6 is 11.3 Å². The van der Waals surface area contributed by atoms with E-state index in [9.17, 15) is 0 Å². The number of H-pyrrole nitrogens is 1. The molecule has 0 aliphatic heterocycles. The van der Waals surface area contributed by atoms with Gasteiger partial charge in [-0.1, -0.05) is 6.07 Å². The van der Waals surface area contributed by atoms with Crippen LogP contribution in [0.15, 0.2) is 17.5 Å². The Labute approximate surface area is 79.8 Å². The van der Waals surface area contributed by atoms with E-state index in [1.807, 2.05) is 24.4 Å². The van der Waals surface area contributed by atoms with Crippen LogP contribution in [0.25, 0.3) is 10.6 Å². The first kappa shape index (κ1) is 8.28. The molecule has 0 aliphatic carbocycles. The molecule has 0 amide bonds. The topological polar surface area (TPSA) is 66.7 Å². The summed E-state index contributed by atoms with van der Waals surface area (Å²) in [6, 6.07) is 4.04. The Morgan fingerprint density at radius 3 is 3.00 bits per heavy atom. The molecule has 0 radical (unpaired) electrons. The quantitative estimate of drug-likeness (QED) is 0.504. The molecular weight excluding hydrogens is 184 g/mol. The lowest BCUT2D eigenvalue weighted by Gasteiger charge is -1.90. The van der Waals surface area contributed by atoms with E-state index in [2.05, 4.69) is 15.4 Å². The number of hydrogen-bond acceptors (Lipinski definition) is 4. The number of hydrazine groups is 1. The van der Waals surface area contributed by atoms with E-state index in [4.69, 9.17) is 5.84 Å². The number of aromatic amines is 1. The van der Waals surface area contributed by atoms with Gasteiger partial charge in [0.1, 0.15) is 5.69 Å². The minimum absolute atomic E-state index is 0.598. The summed E-state index contributed by atoms with van der Waals surface area (Å²) in [4.78, 5) is 8.48. The number of nitrogens with two attached hydrogens (primary N) is 1. The molecular formula is C8H10N4S. The normalized spacial score (nSPS) is 10.3. The van der Waals surface area contributed by atoms with Crippen molar-refractivity contribution in [1.29, 1.82) is 0 Å². The first-order chi connectivity index (χ1) is 6.31. The van der Waals surface area contributed by atoms with E-state index >= 15 is 0 Å². The lowest BCUT2D eigenvalue weighted by atomic mass is 10.3. The highest BCUT2D eigenvalue weighted by Gasteiger charge is 2.08. The first-order valence-electron chi connectivity index (χ1n) is 3.88. The van der Waals surface area contributed by atoms with Crippen molar-refractivity contribution in [3.8, 4) is 10.6 Å². The molecule has 13 heavy (non-hydrogen) atoms. The summed E-state index contributed by atoms with van der Waals surface area (Å²) in [5.74, 6) is 5.84. The molecule has 0 spiro atoms. The number of anilines is 1. The zero-order valence-electron chi connectivity index (χ0n) is 7.16. The molecule has 0 aliphatic rings. The maximum absolute atomic E-state index is 5.25. The number of hydrogen-bond donors (Lipinski definition) is 3. The number of imidazole rings is 1. The van der Waals surface area contributed by atoms with Gasteiger partial charge >= 0.3 is 0 Å². The molecule has 5 heteroatoms. The predicted molar refractivity (Wildman–Crippen MR) is 54.4 cm³/mol. The van der Waals surface area contributed by atoms with Crippen LogP contribution in [0.1, 0.15) is 5.69 Å². The summed E-state index contributed by atoms with van der Waals surface area (Å²) in [5.41, 5.74) is 4.47. The van der Waals surface area contributed by atoms with Gasteiger partial charge in [0, 0.05) is 5.69 Å². The third-order valence-electron chi connectivity index (χ3n) is 1.78. The van der Waals surface area contributed by atoms with Crippen molar-refractivity contribution in [2.24, 2.45) is 5.84 Å². The third kappa shape index (κ3) is 1.43. The molecule has 0 unspecified atom stereocenters. The molecule has 0 aromatic carbocycles. The standard InChI is InChI=1S/C8H10N4S/c1-5-7(6-3-2-4-13-6)11-8(10-5)12-9/h2-4H,9H2,1H3,(H2,10,11,12). The van der Waals surface area contributed by atoms with Crippen molar-refractivity contribution >= 4 is 17.3 Å². The van der Waals surface area contributed by atoms with E-state index in [1.54, 1.807) is 11.3 Å². The van der Waals surface area contributed by atoms with Crippen LogP contribution in [0, 0.1) is 6.92 Å². The Balaban J connectivity index is 2.46. The van der Waals surface area contributed by atoms with Crippen molar-refractivity contribution < 1.29 is 0 Å². The predicted octanol–water partition coefficient (Wildman–Crippen LogP) is 1.73. The van der Waals surface area contributed by atoms with Crippen molar-refractivity contribution in [1.82, 2.24) is 9.97 Å². The average molecular weight is 194 g/mol. The number of nitrogens with one attached hydrogen (secondary N) is 2. The van der Waals surface area contributed by atoms with Crippen molar-refractivity contribution in [3.05, 3.63) is 23.2 Å². The van der Waals surface area contributed by atoms with Gasteiger partial charge in [-0.2, -0.15) is 0 Å². The number of rotatable bonds is 2. The van der Waals surface area contributed by atoms with Gasteiger partial charge in [0.2, 0.25) is 5.95 Å². The highest BCUT2D eigenvalue weighted by Crippen LogP contribution is 2.26. The van der Waals surface area contributed by atoms with Crippen LogP contribution in [0.2, 0.25) is 0 Å². The van der Waals surface area contributed by atoms with Crippen molar-refractivity contribution in [2.75, 3.05) is 5.43 Å². The number of nitrogens with zero attached hydrogens (tertiary/aromatic N) is 1. The molecule has 2 aromatic rings. The Bertz CT molecular complexity index is 390. The minimum Gasteiger partial charge on any atom is -0.327 e. The lowest BCUT2D eigenvalue weighted by molar-refractivity contribution is 1.18. The van der Waals surface area contributed by atoms with Gasteiger partial charge in [-0.15, -0.1) is 11.3 Å². The molecule has 4 N–H and O–H groups in total. The Morgan fingerprint density at radius 2 is 2.46 bits per heavy atom. The second-order valence-electron chi connectivity index (χ2n) is 2.68. The van der Waals surface area contributed by atoms with Gasteiger partial charge in [0.15, 0.2) is 0 Å². The highest BCUT2D eigenvalue weighted by atomic mass is 32.1. The molecule has 68 valence electrons. The maximum atomic E-state index is 5.25. The summed E-state index contributed by atoms with van der Waals surface area (Å²) < 4.78 is 0. The second-order valence-corrected chi connectivity index (χ2v) is 3.63. The fourth-order valence-corrected chi connectivity index (χ4v) is 1.95. The van der Waals surface area contributed by atoms with Crippen LogP contribution in [0.3, 0.4) is 0 Å². The molecule has 2 heterocycles. The second kappa shape index (κ2) is 3.20. The number of aromatic nitrogens is 2. The van der Waals surface area contributed by atoms with E-state index in [-0.39, 0.29) is 0 Å². The molecule has 4 nitrogen and oxygen atoms in total. The van der Waals surface area contributed by atoms with Gasteiger partial charge < -0.3 is 4.98 Å². The van der Waals surface area contributed by atoms with Gasteiger partial charge in [-0.3, -0.25) is 5.43 Å². The zero-order valence-corrected chi connectivity index (χ0v) is 7.98. The maximum Gasteiger partial charge on any atom is 0.215 e. The molecule has 0 atom stereocenters. The smallest absolute Gasteiger partial charge is 0.215 e. The van der Waals surface area contributed by atoms with E-state index in [0.29, 0.717) is 5.95 Å². The number of aryl methyl sites for hydroxylation is 1. The summed E-state index contributed by atoms with van der Waals surface area (Å²) in [5, 5.41) is 2.03. The SMILES string of the molecule is Cc1[nH]c(NN)nc1-c1cccs1. The summed E-state index contributed by atoms with van der Waals surface area (Å²) in [6.45, 7) is 1.98. The molecule has 2 rings (SSSR count). The van der Waals surface area contributed by atoms with Gasteiger partial charge in [0.05, 0.1) is 4.88 Å². The van der Waals surface area contributed by atoms with Gasteiger partial charge in [-0.05, 0) is 18.4 Å². The molecule has 0 saturated heterocycles. The fraction of sp³-hybridized carbons (Fsp3) is 0.125. The largest absolute Gasteiger partial charge is 0.327 e. The zero-order chi connectivity index (χ0) is 9.26. The van der Waals surface area contributed by atoms with Gasteiger partial charge in [0.25, 0.3) is 0 Å². The Morgan fingerprint density at radius 1 is 1.62 bits per heavy atom. The van der Waals surface area contributed by atoms with Crippen LogP contribution in [-0.4, -0.2) is 9.97 Å². The Hall–Kier alpha value is -1.33. The number of thiophene rings is 1. The summed E-state index contributed by atoms with van der Waals surface area (Å²) in [7, 11) is 0. The first-order valence-corrected chi connectivity index (χ1v) is 4.76. The van der Waals surface area contributed by atoms with Crippen LogP contribution < -0.4 is 11.3 Å². The van der Waals surface area contributed by atoms with Crippen LogP contribution in [0.5, 0.6) is 0 Å². The highest BCUT2D eigenvalue weighted by molar-refractivity contribution is 7.13. The molecule has 0 fully saturated rings. The van der Waals surface area contributed by atoms with Crippen LogP contribution in [0.4, 0.5) is 5.95 Å². The number of nitrogen functional groups attached to an aromatic ring is 1. The van der Waals surface area contributed by atoms with Gasteiger partial charge in [-0.25, -0.2) is 10.8 Å². The van der Waals surface area contributed by atoms with Crippen LogP contribution in [-0.2, 0) is 0 Å². The third-order valence-corrected chi connectivity index (χ3v) is 2.65. The minimum atomic E-state index is 0.598. The lowest BCUT2D eigenvalue weighted by Crippen LogP contribution is -2.07. The summed E-state index contributed by atoms with van der Waals surface area (Å²) in [6.07, 6.45) is 0.